The monoisotopic (exact) mass is 351 g/mol. The number of benzene rings is 1. The van der Waals surface area contributed by atoms with Crippen LogP contribution in [0.15, 0.2) is 36.1 Å². The molecular formula is C18H26ClN3O2. The van der Waals surface area contributed by atoms with Crippen molar-refractivity contribution >= 4 is 23.2 Å². The van der Waals surface area contributed by atoms with Crippen molar-refractivity contribution in [2.24, 2.45) is 11.1 Å². The van der Waals surface area contributed by atoms with E-state index in [1.807, 2.05) is 45.0 Å². The summed E-state index contributed by atoms with van der Waals surface area (Å²) in [7, 11) is 0. The van der Waals surface area contributed by atoms with Crippen LogP contribution in [0.4, 0.5) is 5.69 Å². The second-order valence-electron chi connectivity index (χ2n) is 7.16. The van der Waals surface area contributed by atoms with Crippen molar-refractivity contribution in [2.75, 3.05) is 11.4 Å². The molecule has 0 aromatic heterocycles. The normalized spacial score (nSPS) is 20.1. The molecular weight excluding hydrogens is 326 g/mol. The molecule has 1 heterocycles. The number of aliphatic hydroxyl groups excluding tert-OH is 1. The number of nitrogens with two attached hydrogens (primary N) is 1. The maximum absolute atomic E-state index is 12.6. The van der Waals surface area contributed by atoms with Crippen molar-refractivity contribution in [2.45, 2.75) is 45.8 Å². The summed E-state index contributed by atoms with van der Waals surface area (Å²) in [6.07, 6.45) is 2.48. The molecule has 0 bridgehead atoms. The van der Waals surface area contributed by atoms with E-state index in [1.165, 1.54) is 6.08 Å². The first kappa shape index (κ1) is 18.6. The number of amides is 1. The molecule has 2 atom stereocenters. The molecule has 24 heavy (non-hydrogen) atoms. The maximum atomic E-state index is 12.6. The molecule has 1 aliphatic heterocycles. The van der Waals surface area contributed by atoms with Crippen LogP contribution in [0.25, 0.3) is 0 Å². The fourth-order valence-corrected chi connectivity index (χ4v) is 2.83. The fraction of sp³-hybridized carbons (Fsp3) is 0.500. The van der Waals surface area contributed by atoms with Gasteiger partial charge < -0.3 is 21.1 Å². The number of nitrogens with zero attached hydrogens (tertiary/aromatic N) is 1. The molecule has 0 saturated carbocycles. The zero-order valence-electron chi connectivity index (χ0n) is 14.4. The number of halogens is 1. The molecule has 1 amide bonds. The van der Waals surface area contributed by atoms with Crippen LogP contribution in [-0.2, 0) is 4.79 Å². The Morgan fingerprint density at radius 2 is 2.04 bits per heavy atom. The third kappa shape index (κ3) is 4.65. The van der Waals surface area contributed by atoms with Gasteiger partial charge in [0.2, 0.25) is 5.91 Å². The molecule has 1 saturated heterocycles. The first-order valence-corrected chi connectivity index (χ1v) is 8.56. The number of hydrogen-bond acceptors (Lipinski definition) is 4. The molecule has 132 valence electrons. The summed E-state index contributed by atoms with van der Waals surface area (Å²) in [5.41, 5.74) is 6.51. The largest absolute Gasteiger partial charge is 0.512 e. The summed E-state index contributed by atoms with van der Waals surface area (Å²) in [6.45, 7) is 6.46. The second-order valence-corrected chi connectivity index (χ2v) is 7.60. The summed E-state index contributed by atoms with van der Waals surface area (Å²) in [6, 6.07) is 7.21. The van der Waals surface area contributed by atoms with Gasteiger partial charge in [0.1, 0.15) is 6.04 Å². The Morgan fingerprint density at radius 3 is 2.62 bits per heavy atom. The summed E-state index contributed by atoms with van der Waals surface area (Å²) < 4.78 is 0. The van der Waals surface area contributed by atoms with E-state index in [1.54, 1.807) is 0 Å². The van der Waals surface area contributed by atoms with Crippen LogP contribution in [0.2, 0.25) is 5.02 Å². The quantitative estimate of drug-likeness (QED) is 0.575. The van der Waals surface area contributed by atoms with Gasteiger partial charge in [0.25, 0.3) is 0 Å². The molecule has 1 aromatic carbocycles. The molecule has 6 heteroatoms. The number of rotatable bonds is 4. The second kappa shape index (κ2) is 7.45. The molecule has 1 unspecified atom stereocenters. The van der Waals surface area contributed by atoms with Crippen LogP contribution in [0.5, 0.6) is 0 Å². The van der Waals surface area contributed by atoms with Crippen molar-refractivity contribution in [3.05, 3.63) is 41.1 Å². The lowest BCUT2D eigenvalue weighted by Crippen LogP contribution is -2.49. The number of nitrogens with one attached hydrogen (secondary N) is 1. The Labute approximate surface area is 148 Å². The van der Waals surface area contributed by atoms with Gasteiger partial charge in [-0.3, -0.25) is 4.79 Å². The highest BCUT2D eigenvalue weighted by Gasteiger charge is 2.31. The van der Waals surface area contributed by atoms with E-state index < -0.39 is 11.6 Å². The minimum Gasteiger partial charge on any atom is -0.512 e. The Kier molecular flexibility index (Phi) is 5.78. The highest BCUT2D eigenvalue weighted by atomic mass is 35.5. The minimum absolute atomic E-state index is 0.132. The van der Waals surface area contributed by atoms with Crippen molar-refractivity contribution in [3.8, 4) is 0 Å². The van der Waals surface area contributed by atoms with Crippen molar-refractivity contribution < 1.29 is 9.90 Å². The first-order valence-electron chi connectivity index (χ1n) is 8.18. The van der Waals surface area contributed by atoms with Gasteiger partial charge in [-0.15, -0.1) is 0 Å². The molecule has 1 aliphatic rings. The Bertz CT molecular complexity index is 608. The number of carbonyl (C=O) groups excluding carboxylic acids is 1. The number of allylic oxidation sites excluding steroid dienone is 1. The maximum Gasteiger partial charge on any atom is 0.244 e. The minimum atomic E-state index is -0.718. The van der Waals surface area contributed by atoms with E-state index in [2.05, 4.69) is 10.2 Å². The van der Waals surface area contributed by atoms with Crippen LogP contribution in [0, 0.1) is 5.41 Å². The molecule has 0 radical (unpaired) electrons. The van der Waals surface area contributed by atoms with Gasteiger partial charge in [-0.05, 0) is 43.2 Å². The molecule has 0 aliphatic carbocycles. The summed E-state index contributed by atoms with van der Waals surface area (Å²) in [5, 5.41) is 13.4. The van der Waals surface area contributed by atoms with Crippen molar-refractivity contribution in [1.29, 1.82) is 0 Å². The van der Waals surface area contributed by atoms with Gasteiger partial charge in [0, 0.05) is 22.7 Å². The van der Waals surface area contributed by atoms with Crippen LogP contribution in [0.1, 0.15) is 33.6 Å². The van der Waals surface area contributed by atoms with Crippen LogP contribution >= 0.6 is 11.6 Å². The smallest absolute Gasteiger partial charge is 0.244 e. The lowest BCUT2D eigenvalue weighted by molar-refractivity contribution is -0.122. The summed E-state index contributed by atoms with van der Waals surface area (Å²) in [4.78, 5) is 14.6. The van der Waals surface area contributed by atoms with E-state index in [0.717, 1.165) is 25.1 Å². The van der Waals surface area contributed by atoms with E-state index in [4.69, 9.17) is 17.3 Å². The Morgan fingerprint density at radius 1 is 1.42 bits per heavy atom. The molecule has 1 aromatic rings. The summed E-state index contributed by atoms with van der Waals surface area (Å²) in [5.74, 6) is 0.0317. The van der Waals surface area contributed by atoms with Crippen LogP contribution < -0.4 is 16.0 Å². The molecule has 4 N–H and O–H groups in total. The highest BCUT2D eigenvalue weighted by molar-refractivity contribution is 6.30. The lowest BCUT2D eigenvalue weighted by Gasteiger charge is -2.27. The van der Waals surface area contributed by atoms with Gasteiger partial charge in [0.05, 0.1) is 11.9 Å². The van der Waals surface area contributed by atoms with E-state index in [0.29, 0.717) is 5.02 Å². The van der Waals surface area contributed by atoms with Crippen LogP contribution in [0.3, 0.4) is 0 Å². The standard InChI is InChI=1S/C18H26ClN3O2/c1-18(2,3)15(23)11-16(20)21-17(24)14-5-4-10-22(14)13-8-6-12(19)7-9-13/h6-9,11,14,16,23H,4-5,10,20H2,1-3H3,(H,21,24)/b15-11-/t14-,16?/m1/s1. The number of hydrogen-bond donors (Lipinski definition) is 3. The molecule has 1 fully saturated rings. The molecule has 0 spiro atoms. The fourth-order valence-electron chi connectivity index (χ4n) is 2.70. The van der Waals surface area contributed by atoms with E-state index in [-0.39, 0.29) is 17.7 Å². The summed E-state index contributed by atoms with van der Waals surface area (Å²) >= 11 is 5.93. The van der Waals surface area contributed by atoms with E-state index >= 15 is 0 Å². The number of carbonyl (C=O) groups is 1. The van der Waals surface area contributed by atoms with Gasteiger partial charge in [-0.25, -0.2) is 0 Å². The average Bonchev–Trinajstić information content (AvgIpc) is 2.96. The zero-order valence-corrected chi connectivity index (χ0v) is 15.2. The van der Waals surface area contributed by atoms with E-state index in [9.17, 15) is 9.90 Å². The topological polar surface area (TPSA) is 78.6 Å². The van der Waals surface area contributed by atoms with Crippen molar-refractivity contribution in [1.82, 2.24) is 5.32 Å². The van der Waals surface area contributed by atoms with Gasteiger partial charge in [-0.1, -0.05) is 32.4 Å². The lowest BCUT2D eigenvalue weighted by atomic mass is 9.93. The Balaban J connectivity index is 2.04. The third-order valence-corrected chi connectivity index (χ3v) is 4.38. The van der Waals surface area contributed by atoms with Gasteiger partial charge in [0.15, 0.2) is 0 Å². The zero-order chi connectivity index (χ0) is 17.9. The third-order valence-electron chi connectivity index (χ3n) is 4.13. The predicted octanol–water partition coefficient (Wildman–Crippen LogP) is 3.20. The number of anilines is 1. The van der Waals surface area contributed by atoms with Crippen LogP contribution in [-0.4, -0.2) is 29.8 Å². The SMILES string of the molecule is CC(C)(C)/C(O)=C/C(N)NC(=O)[C@H]1CCCN1c1ccc(Cl)cc1. The Hall–Kier alpha value is -1.72. The number of aliphatic hydroxyl groups is 1. The average molecular weight is 352 g/mol. The molecule has 5 nitrogen and oxygen atoms in total. The highest BCUT2D eigenvalue weighted by Crippen LogP contribution is 2.27. The first-order chi connectivity index (χ1) is 11.2. The van der Waals surface area contributed by atoms with Crippen molar-refractivity contribution in [3.63, 3.8) is 0 Å². The molecule has 2 rings (SSSR count). The predicted molar refractivity (Wildman–Crippen MR) is 98.1 cm³/mol. The van der Waals surface area contributed by atoms with Gasteiger partial charge in [-0.2, -0.15) is 0 Å². The van der Waals surface area contributed by atoms with Gasteiger partial charge >= 0.3 is 0 Å².